The summed E-state index contributed by atoms with van der Waals surface area (Å²) in [6, 6.07) is 0. The van der Waals surface area contributed by atoms with Crippen molar-refractivity contribution in [1.29, 1.82) is 0 Å². The molecule has 0 aromatic rings. The first-order valence-corrected chi connectivity index (χ1v) is 10.2. The summed E-state index contributed by atoms with van der Waals surface area (Å²) in [4.78, 5) is 33.6. The number of carbonyl (C=O) groups excluding carboxylic acids is 1. The van der Waals surface area contributed by atoms with Gasteiger partial charge in [-0.2, -0.15) is 5.48 Å². The Bertz CT molecular complexity index is 530. The Kier molecular flexibility index (Phi) is 12.7. The molecule has 0 spiro atoms. The normalized spacial score (nSPS) is 14.3. The molecule has 144 valence electrons. The molecule has 7 heteroatoms. The van der Waals surface area contributed by atoms with Crippen LogP contribution in [0.2, 0.25) is 0 Å². The molecule has 0 amide bonds. The number of hydroxylamine groups is 1. The van der Waals surface area contributed by atoms with Crippen LogP contribution in [0, 0.1) is 0 Å². The van der Waals surface area contributed by atoms with Crippen molar-refractivity contribution in [1.82, 2.24) is 5.48 Å². The van der Waals surface area contributed by atoms with Crippen molar-refractivity contribution < 1.29 is 24.0 Å². The summed E-state index contributed by atoms with van der Waals surface area (Å²) in [7, 11) is -4.40. The van der Waals surface area contributed by atoms with E-state index < -0.39 is 13.4 Å². The highest BCUT2D eigenvalue weighted by molar-refractivity contribution is 7.52. The Hall–Kier alpha value is -1.04. The van der Waals surface area contributed by atoms with Crippen molar-refractivity contribution in [2.24, 2.45) is 0 Å². The van der Waals surface area contributed by atoms with E-state index in [0.29, 0.717) is 6.29 Å². The molecule has 0 radical (unpaired) electrons. The summed E-state index contributed by atoms with van der Waals surface area (Å²) in [6.45, 7) is 8.52. The molecule has 0 aromatic heterocycles. The number of hydrogen-bond acceptors (Lipinski definition) is 4. The Balaban J connectivity index is 4.11. The van der Waals surface area contributed by atoms with Crippen LogP contribution in [-0.2, 0) is 14.2 Å². The Morgan fingerprint density at radius 1 is 1.04 bits per heavy atom. The van der Waals surface area contributed by atoms with Gasteiger partial charge in [0.05, 0.1) is 6.61 Å². The molecule has 0 fully saturated rings. The standard InChI is InChI=1S/C18H32NO5P/c1-15(2)7-5-8-16(3)9-6-10-17(4)12-14-24-19-18(11-13-20)25(21,22)23/h7,9,12-13,18-19H,5-6,8,10-11,14H2,1-4H3,(H2,21,22,23). The van der Waals surface area contributed by atoms with Crippen molar-refractivity contribution in [2.45, 2.75) is 65.6 Å². The van der Waals surface area contributed by atoms with Gasteiger partial charge in [-0.25, -0.2) is 0 Å². The molecule has 1 unspecified atom stereocenters. The van der Waals surface area contributed by atoms with Crippen molar-refractivity contribution in [3.05, 3.63) is 34.9 Å². The summed E-state index contributed by atoms with van der Waals surface area (Å²) in [5.41, 5.74) is 6.12. The third kappa shape index (κ3) is 13.9. The van der Waals surface area contributed by atoms with E-state index in [0.717, 1.165) is 31.3 Å². The van der Waals surface area contributed by atoms with E-state index in [2.05, 4.69) is 38.4 Å². The van der Waals surface area contributed by atoms with Gasteiger partial charge >= 0.3 is 7.60 Å². The van der Waals surface area contributed by atoms with E-state index in [1.807, 2.05) is 13.0 Å². The van der Waals surface area contributed by atoms with Crippen molar-refractivity contribution in [3.63, 3.8) is 0 Å². The maximum absolute atomic E-state index is 11.1. The average molecular weight is 373 g/mol. The zero-order valence-electron chi connectivity index (χ0n) is 15.7. The highest BCUT2D eigenvalue weighted by atomic mass is 31.2. The van der Waals surface area contributed by atoms with Crippen LogP contribution in [0.5, 0.6) is 0 Å². The zero-order valence-corrected chi connectivity index (χ0v) is 16.6. The molecular weight excluding hydrogens is 341 g/mol. The van der Waals surface area contributed by atoms with Crippen molar-refractivity contribution in [2.75, 3.05) is 6.61 Å². The molecule has 0 bridgehead atoms. The predicted octanol–water partition coefficient (Wildman–Crippen LogP) is 4.02. The van der Waals surface area contributed by atoms with Crippen LogP contribution in [0.4, 0.5) is 0 Å². The first-order valence-electron chi connectivity index (χ1n) is 8.47. The van der Waals surface area contributed by atoms with Crippen LogP contribution >= 0.6 is 7.60 Å². The fourth-order valence-corrected chi connectivity index (χ4v) is 2.58. The van der Waals surface area contributed by atoms with Crippen LogP contribution in [-0.4, -0.2) is 28.5 Å². The lowest BCUT2D eigenvalue weighted by atomic mass is 10.1. The van der Waals surface area contributed by atoms with E-state index in [-0.39, 0.29) is 13.0 Å². The second kappa shape index (κ2) is 13.2. The van der Waals surface area contributed by atoms with Crippen molar-refractivity contribution >= 4 is 13.9 Å². The first-order chi connectivity index (χ1) is 11.7. The number of hydrogen-bond donors (Lipinski definition) is 3. The second-order valence-corrected chi connectivity index (χ2v) is 8.20. The second-order valence-electron chi connectivity index (χ2n) is 6.40. The molecule has 6 nitrogen and oxygen atoms in total. The molecule has 25 heavy (non-hydrogen) atoms. The Morgan fingerprint density at radius 3 is 2.12 bits per heavy atom. The fraction of sp³-hybridized carbons (Fsp3) is 0.611. The van der Waals surface area contributed by atoms with E-state index in [1.165, 1.54) is 11.1 Å². The van der Waals surface area contributed by atoms with E-state index in [1.54, 1.807) is 0 Å². The minimum atomic E-state index is -4.40. The quantitative estimate of drug-likeness (QED) is 0.148. The van der Waals surface area contributed by atoms with Gasteiger partial charge in [0, 0.05) is 6.42 Å². The summed E-state index contributed by atoms with van der Waals surface area (Å²) >= 11 is 0. The third-order valence-corrected chi connectivity index (χ3v) is 4.71. The zero-order chi connectivity index (χ0) is 19.3. The number of nitrogens with one attached hydrogen (secondary N) is 1. The van der Waals surface area contributed by atoms with Crippen LogP contribution in [0.15, 0.2) is 34.9 Å². The van der Waals surface area contributed by atoms with Gasteiger partial charge in [-0.3, -0.25) is 9.40 Å². The Labute approximate surface area is 151 Å². The van der Waals surface area contributed by atoms with Gasteiger partial charge in [0.2, 0.25) is 0 Å². The topological polar surface area (TPSA) is 95.9 Å². The molecule has 0 heterocycles. The SMILES string of the molecule is CC(C)=CCCC(C)=CCCC(C)=CCONC(CC=O)P(=O)(O)O. The Morgan fingerprint density at radius 2 is 1.60 bits per heavy atom. The summed E-state index contributed by atoms with van der Waals surface area (Å²) < 4.78 is 11.1. The maximum Gasteiger partial charge on any atom is 0.345 e. The largest absolute Gasteiger partial charge is 0.345 e. The van der Waals surface area contributed by atoms with Gasteiger partial charge in [0.1, 0.15) is 12.1 Å². The van der Waals surface area contributed by atoms with Gasteiger partial charge < -0.3 is 14.6 Å². The van der Waals surface area contributed by atoms with Crippen LogP contribution in [0.1, 0.15) is 59.8 Å². The van der Waals surface area contributed by atoms with Crippen LogP contribution < -0.4 is 5.48 Å². The highest BCUT2D eigenvalue weighted by Gasteiger charge is 2.28. The highest BCUT2D eigenvalue weighted by Crippen LogP contribution is 2.40. The monoisotopic (exact) mass is 373 g/mol. The average Bonchev–Trinajstić information content (AvgIpc) is 2.49. The molecule has 0 rings (SSSR count). The van der Waals surface area contributed by atoms with Crippen molar-refractivity contribution in [3.8, 4) is 0 Å². The van der Waals surface area contributed by atoms with Gasteiger partial charge in [0.25, 0.3) is 0 Å². The molecule has 0 aliphatic rings. The molecule has 0 aliphatic carbocycles. The third-order valence-electron chi connectivity index (χ3n) is 3.58. The molecule has 3 N–H and O–H groups in total. The number of rotatable bonds is 13. The van der Waals surface area contributed by atoms with Crippen LogP contribution in [0.25, 0.3) is 0 Å². The van der Waals surface area contributed by atoms with Gasteiger partial charge in [0.15, 0.2) is 0 Å². The summed E-state index contributed by atoms with van der Waals surface area (Å²) in [6.07, 6.45) is 10.5. The lowest BCUT2D eigenvalue weighted by Gasteiger charge is -2.16. The number of allylic oxidation sites excluding steroid dienone is 5. The molecule has 1 atom stereocenters. The maximum atomic E-state index is 11.1. The number of carbonyl (C=O) groups is 1. The lowest BCUT2D eigenvalue weighted by Crippen LogP contribution is -2.29. The lowest BCUT2D eigenvalue weighted by molar-refractivity contribution is -0.108. The van der Waals surface area contributed by atoms with E-state index in [9.17, 15) is 9.36 Å². The van der Waals surface area contributed by atoms with Crippen LogP contribution in [0.3, 0.4) is 0 Å². The minimum Gasteiger partial charge on any atom is -0.323 e. The van der Waals surface area contributed by atoms with Gasteiger partial charge in [-0.15, -0.1) is 0 Å². The molecule has 0 saturated carbocycles. The molecular formula is C18H32NO5P. The molecule has 0 aromatic carbocycles. The fourth-order valence-electron chi connectivity index (χ4n) is 2.01. The minimum absolute atomic E-state index is 0.185. The van der Waals surface area contributed by atoms with E-state index >= 15 is 0 Å². The van der Waals surface area contributed by atoms with Gasteiger partial charge in [-0.05, 0) is 53.4 Å². The predicted molar refractivity (Wildman–Crippen MR) is 101 cm³/mol. The molecule has 0 aliphatic heterocycles. The summed E-state index contributed by atoms with van der Waals surface area (Å²) in [5.74, 6) is -1.30. The number of aldehydes is 1. The van der Waals surface area contributed by atoms with E-state index in [4.69, 9.17) is 14.6 Å². The summed E-state index contributed by atoms with van der Waals surface area (Å²) in [5, 5.41) is 0. The smallest absolute Gasteiger partial charge is 0.323 e. The first kappa shape index (κ1) is 24.0. The van der Waals surface area contributed by atoms with Gasteiger partial charge in [-0.1, -0.05) is 34.9 Å². The molecule has 0 saturated heterocycles.